The van der Waals surface area contributed by atoms with Gasteiger partial charge >= 0.3 is 0 Å². The van der Waals surface area contributed by atoms with Crippen molar-refractivity contribution in [3.05, 3.63) is 101 Å². The number of imidazole rings is 1. The van der Waals surface area contributed by atoms with Crippen molar-refractivity contribution in [3.63, 3.8) is 0 Å². The van der Waals surface area contributed by atoms with Gasteiger partial charge < -0.3 is 9.30 Å². The molecule has 0 fully saturated rings. The zero-order valence-corrected chi connectivity index (χ0v) is 16.2. The summed E-state index contributed by atoms with van der Waals surface area (Å²) in [6, 6.07) is 23.0. The number of methoxy groups -OCH3 is 1. The first-order valence-electron chi connectivity index (χ1n) is 9.54. The van der Waals surface area contributed by atoms with E-state index in [0.29, 0.717) is 23.8 Å². The Morgan fingerprint density at radius 1 is 0.933 bits per heavy atom. The van der Waals surface area contributed by atoms with Crippen LogP contribution in [0.2, 0.25) is 0 Å². The number of nitrogens with zero attached hydrogens (tertiary/aromatic N) is 3. The fraction of sp³-hybridized carbons (Fsp3) is 0.0833. The van der Waals surface area contributed by atoms with Crippen LogP contribution in [0.3, 0.4) is 0 Å². The third-order valence-electron chi connectivity index (χ3n) is 5.18. The topological polar surface area (TPSA) is 48.5 Å². The summed E-state index contributed by atoms with van der Waals surface area (Å²) < 4.78 is 22.3. The second-order valence-electron chi connectivity index (χ2n) is 7.05. The van der Waals surface area contributed by atoms with Crippen molar-refractivity contribution >= 4 is 16.8 Å². The van der Waals surface area contributed by atoms with Gasteiger partial charge in [0, 0.05) is 11.6 Å². The molecule has 30 heavy (non-hydrogen) atoms. The minimum Gasteiger partial charge on any atom is -0.497 e. The third kappa shape index (κ3) is 3.03. The van der Waals surface area contributed by atoms with Gasteiger partial charge in [-0.05, 0) is 42.0 Å². The van der Waals surface area contributed by atoms with Gasteiger partial charge in [0.1, 0.15) is 11.6 Å². The highest BCUT2D eigenvalue weighted by atomic mass is 19.1. The van der Waals surface area contributed by atoms with Crippen LogP contribution in [0.1, 0.15) is 5.56 Å². The summed E-state index contributed by atoms with van der Waals surface area (Å²) in [6.45, 7) is 0.464. The van der Waals surface area contributed by atoms with Crippen LogP contribution in [0, 0.1) is 5.82 Å². The molecular formula is C24H18FN3O2. The zero-order valence-electron chi connectivity index (χ0n) is 16.2. The molecule has 0 atom stereocenters. The second kappa shape index (κ2) is 7.15. The minimum atomic E-state index is -0.282. The zero-order chi connectivity index (χ0) is 20.7. The van der Waals surface area contributed by atoms with Gasteiger partial charge in [-0.2, -0.15) is 0 Å². The molecular weight excluding hydrogens is 381 g/mol. The van der Waals surface area contributed by atoms with Crippen LogP contribution in [0.25, 0.3) is 28.1 Å². The summed E-state index contributed by atoms with van der Waals surface area (Å²) in [6.07, 6.45) is 0. The van der Waals surface area contributed by atoms with Gasteiger partial charge in [0.25, 0.3) is 5.56 Å². The summed E-state index contributed by atoms with van der Waals surface area (Å²) in [5, 5.41) is 0. The van der Waals surface area contributed by atoms with Crippen LogP contribution in [0.15, 0.2) is 83.7 Å². The van der Waals surface area contributed by atoms with Crippen LogP contribution in [-0.2, 0) is 6.54 Å². The number of ether oxygens (including phenoxy) is 1. The fourth-order valence-electron chi connectivity index (χ4n) is 3.73. The molecule has 0 unspecified atom stereocenters. The van der Waals surface area contributed by atoms with E-state index in [4.69, 9.17) is 9.72 Å². The smallest absolute Gasteiger partial charge is 0.260 e. The fourth-order valence-corrected chi connectivity index (χ4v) is 3.73. The average Bonchev–Trinajstić information content (AvgIpc) is 3.09. The Morgan fingerprint density at radius 3 is 2.47 bits per heavy atom. The van der Waals surface area contributed by atoms with Gasteiger partial charge in [0.05, 0.1) is 30.4 Å². The first-order valence-corrected chi connectivity index (χ1v) is 9.54. The predicted molar refractivity (Wildman–Crippen MR) is 114 cm³/mol. The van der Waals surface area contributed by atoms with E-state index in [0.717, 1.165) is 22.2 Å². The number of benzene rings is 3. The lowest BCUT2D eigenvalue weighted by Gasteiger charge is -2.08. The first kappa shape index (κ1) is 18.1. The largest absolute Gasteiger partial charge is 0.497 e. The molecule has 0 spiro atoms. The Hall–Kier alpha value is -3.93. The Morgan fingerprint density at radius 2 is 1.70 bits per heavy atom. The SMILES string of the molecule is COc1cccc(-c2cc(=O)n3c4ccccc4n(Cc4ccc(F)cc4)c3n2)c1. The third-order valence-corrected chi connectivity index (χ3v) is 5.18. The molecule has 0 amide bonds. The van der Waals surface area contributed by atoms with E-state index < -0.39 is 0 Å². The van der Waals surface area contributed by atoms with Gasteiger partial charge in [-0.1, -0.05) is 36.4 Å². The van der Waals surface area contributed by atoms with Crippen LogP contribution in [0.5, 0.6) is 5.75 Å². The number of para-hydroxylation sites is 2. The molecule has 0 bridgehead atoms. The van der Waals surface area contributed by atoms with Crippen molar-refractivity contribution in [3.8, 4) is 17.0 Å². The summed E-state index contributed by atoms with van der Waals surface area (Å²) in [4.78, 5) is 17.9. The van der Waals surface area contributed by atoms with Crippen LogP contribution < -0.4 is 10.3 Å². The number of hydrogen-bond donors (Lipinski definition) is 0. The van der Waals surface area contributed by atoms with Gasteiger partial charge in [0.15, 0.2) is 0 Å². The lowest BCUT2D eigenvalue weighted by Crippen LogP contribution is -2.14. The lowest BCUT2D eigenvalue weighted by molar-refractivity contribution is 0.415. The van der Waals surface area contributed by atoms with E-state index in [9.17, 15) is 9.18 Å². The van der Waals surface area contributed by atoms with E-state index >= 15 is 0 Å². The number of hydrogen-bond acceptors (Lipinski definition) is 3. The normalized spacial score (nSPS) is 11.3. The van der Waals surface area contributed by atoms with Gasteiger partial charge in [-0.25, -0.2) is 13.8 Å². The van der Waals surface area contributed by atoms with E-state index in [1.165, 1.54) is 18.2 Å². The van der Waals surface area contributed by atoms with Gasteiger partial charge in [-0.15, -0.1) is 0 Å². The van der Waals surface area contributed by atoms with Crippen LogP contribution in [0.4, 0.5) is 4.39 Å². The molecule has 5 rings (SSSR count). The first-order chi connectivity index (χ1) is 14.6. The van der Waals surface area contributed by atoms with Crippen molar-refractivity contribution in [2.45, 2.75) is 6.54 Å². The molecule has 2 aromatic heterocycles. The molecule has 5 nitrogen and oxygen atoms in total. The Kier molecular flexibility index (Phi) is 4.32. The van der Waals surface area contributed by atoms with E-state index in [1.807, 2.05) is 53.1 Å². The van der Waals surface area contributed by atoms with Crippen molar-refractivity contribution < 1.29 is 9.13 Å². The molecule has 0 saturated heterocycles. The molecule has 6 heteroatoms. The van der Waals surface area contributed by atoms with Gasteiger partial charge in [0.2, 0.25) is 5.78 Å². The molecule has 0 aliphatic heterocycles. The van der Waals surface area contributed by atoms with Crippen LogP contribution in [-0.4, -0.2) is 21.1 Å². The molecule has 0 N–H and O–H groups in total. The van der Waals surface area contributed by atoms with Crippen molar-refractivity contribution in [1.29, 1.82) is 0 Å². The highest BCUT2D eigenvalue weighted by Gasteiger charge is 2.15. The molecule has 3 aromatic carbocycles. The molecule has 0 aliphatic rings. The highest BCUT2D eigenvalue weighted by Crippen LogP contribution is 2.25. The quantitative estimate of drug-likeness (QED) is 0.447. The molecule has 0 aliphatic carbocycles. The van der Waals surface area contributed by atoms with Crippen molar-refractivity contribution in [2.24, 2.45) is 0 Å². The number of halogens is 1. The Balaban J connectivity index is 1.77. The maximum Gasteiger partial charge on any atom is 0.260 e. The Labute approximate surface area is 171 Å². The highest BCUT2D eigenvalue weighted by molar-refractivity contribution is 5.81. The summed E-state index contributed by atoms with van der Waals surface area (Å²) in [7, 11) is 1.60. The van der Waals surface area contributed by atoms with E-state index in [-0.39, 0.29) is 11.4 Å². The second-order valence-corrected chi connectivity index (χ2v) is 7.05. The maximum atomic E-state index is 13.4. The molecule has 0 saturated carbocycles. The molecule has 2 heterocycles. The predicted octanol–water partition coefficient (Wildman–Crippen LogP) is 4.51. The minimum absolute atomic E-state index is 0.160. The van der Waals surface area contributed by atoms with E-state index in [2.05, 4.69) is 0 Å². The molecule has 5 aromatic rings. The standard InChI is InChI=1S/C24H18FN3O2/c1-30-19-6-4-5-17(13-19)20-14-23(29)28-22-8-3-2-7-21(22)27(24(28)26-20)15-16-9-11-18(25)12-10-16/h2-14H,15H2,1H3. The van der Waals surface area contributed by atoms with Crippen LogP contribution >= 0.6 is 0 Å². The molecule has 148 valence electrons. The number of fused-ring (bicyclic) bond motifs is 3. The number of rotatable bonds is 4. The van der Waals surface area contributed by atoms with Gasteiger partial charge in [-0.3, -0.25) is 4.79 Å². The van der Waals surface area contributed by atoms with Crippen molar-refractivity contribution in [2.75, 3.05) is 7.11 Å². The van der Waals surface area contributed by atoms with Crippen molar-refractivity contribution in [1.82, 2.24) is 14.0 Å². The maximum absolute atomic E-state index is 13.4. The summed E-state index contributed by atoms with van der Waals surface area (Å²) >= 11 is 0. The lowest BCUT2D eigenvalue weighted by atomic mass is 10.1. The Bertz CT molecular complexity index is 1440. The summed E-state index contributed by atoms with van der Waals surface area (Å²) in [5.41, 5.74) is 3.79. The number of aromatic nitrogens is 3. The van der Waals surface area contributed by atoms with E-state index in [1.54, 1.807) is 23.6 Å². The monoisotopic (exact) mass is 399 g/mol. The summed E-state index contributed by atoms with van der Waals surface area (Å²) in [5.74, 6) is 0.947. The average molecular weight is 399 g/mol. The molecule has 0 radical (unpaired) electrons.